The lowest BCUT2D eigenvalue weighted by Gasteiger charge is -2.01. The van der Waals surface area contributed by atoms with Crippen LogP contribution in [-0.4, -0.2) is 24.8 Å². The Labute approximate surface area is 42.8 Å². The summed E-state index contributed by atoms with van der Waals surface area (Å²) in [4.78, 5) is 0. The van der Waals surface area contributed by atoms with Crippen molar-refractivity contribution in [1.29, 1.82) is 0 Å². The van der Waals surface area contributed by atoms with Crippen LogP contribution in [0.5, 0.6) is 0 Å². The van der Waals surface area contributed by atoms with Crippen LogP contribution in [0.3, 0.4) is 0 Å². The third-order valence-corrected chi connectivity index (χ3v) is 1.36. The molecule has 0 aromatic rings. The largest absolute Gasteiger partial charge is 0.331 e. The van der Waals surface area contributed by atoms with Crippen molar-refractivity contribution in [1.82, 2.24) is 4.00 Å². The van der Waals surface area contributed by atoms with Gasteiger partial charge in [-0.25, -0.2) is 0 Å². The molecule has 0 rings (SSSR count). The van der Waals surface area contributed by atoms with Crippen molar-refractivity contribution < 1.29 is 8.39 Å². The Balaban J connectivity index is 2.99. The summed E-state index contributed by atoms with van der Waals surface area (Å²) in [5.74, 6) is 0. The van der Waals surface area contributed by atoms with Gasteiger partial charge in [0, 0.05) is 0 Å². The van der Waals surface area contributed by atoms with Crippen molar-refractivity contribution in [2.45, 2.75) is 0 Å². The van der Waals surface area contributed by atoms with Gasteiger partial charge < -0.3 is 0 Å². The van der Waals surface area contributed by atoms with E-state index < -0.39 is 8.69 Å². The highest BCUT2D eigenvalue weighted by Crippen LogP contribution is 2.39. The summed E-state index contributed by atoms with van der Waals surface area (Å²) in [5.41, 5.74) is 0. The maximum atomic E-state index is 11.1. The maximum Gasteiger partial charge on any atom is 0.331 e. The molecule has 0 atom stereocenters. The Kier molecular flexibility index (Phi) is 3.11. The van der Waals surface area contributed by atoms with Crippen molar-refractivity contribution in [3.63, 3.8) is 0 Å². The van der Waals surface area contributed by atoms with E-state index in [4.69, 9.17) is 0 Å². The molecule has 0 N–H and O–H groups in total. The second-order valence-electron chi connectivity index (χ2n) is 0.527. The van der Waals surface area contributed by atoms with Crippen molar-refractivity contribution in [3.8, 4) is 0 Å². The summed E-state index contributed by atoms with van der Waals surface area (Å²) in [5, 5.41) is 0. The molecule has 0 saturated heterocycles. The molecule has 0 fully saturated rings. The number of hydrogen-bond donors (Lipinski definition) is 0. The summed E-state index contributed by atoms with van der Waals surface area (Å²) in [6.07, 6.45) is 0. The van der Waals surface area contributed by atoms with Gasteiger partial charge in [-0.15, -0.1) is 0 Å². The summed E-state index contributed by atoms with van der Waals surface area (Å²) in [7, 11) is 2.02. The van der Waals surface area contributed by atoms with Gasteiger partial charge in [-0.2, -0.15) is 8.39 Å². The smallest absolute Gasteiger partial charge is 0.278 e. The number of nitrogens with zero attached hydrogens (tertiary/aromatic N) is 1. The molecule has 1 nitrogen and oxygen atoms in total. The molecule has 32 valence electrons. The van der Waals surface area contributed by atoms with Gasteiger partial charge in [0.25, 0.3) is 0 Å². The van der Waals surface area contributed by atoms with Crippen LogP contribution in [0, 0.1) is 0 Å². The van der Waals surface area contributed by atoms with E-state index in [1.165, 1.54) is 0 Å². The van der Waals surface area contributed by atoms with Gasteiger partial charge >= 0.3 is 8.69 Å². The monoisotopic (exact) mass is 139 g/mol. The first kappa shape index (κ1) is 6.68. The van der Waals surface area contributed by atoms with E-state index in [1.54, 1.807) is 0 Å². The van der Waals surface area contributed by atoms with Crippen molar-refractivity contribution in [2.75, 3.05) is 0 Å². The van der Waals surface area contributed by atoms with Gasteiger partial charge in [-0.1, -0.05) is 0 Å². The Bertz CT molecular complexity index is 32.5. The van der Waals surface area contributed by atoms with Crippen LogP contribution in [0.25, 0.3) is 0 Å². The van der Waals surface area contributed by atoms with Gasteiger partial charge in [0.05, 0.1) is 0 Å². The fourth-order valence-corrected chi connectivity index (χ4v) is 0. The first-order chi connectivity index (χ1) is 2.64. The first-order valence-electron chi connectivity index (χ1n) is 0.985. The molecule has 0 aliphatic heterocycles. The predicted molar refractivity (Wildman–Crippen MR) is 22.5 cm³/mol. The Morgan fingerprint density at radius 3 is 1.50 bits per heavy atom. The first-order valence-corrected chi connectivity index (χ1v) is 2.96. The molecule has 0 unspecified atom stereocenters. The normalized spacial score (nSPS) is 11.0. The van der Waals surface area contributed by atoms with E-state index in [0.29, 0.717) is 4.00 Å². The molecule has 0 aliphatic carbocycles. The predicted octanol–water partition coefficient (Wildman–Crippen LogP) is 0.621. The molecule has 0 aromatic heterocycles. The average Bonchev–Trinajstić information content (AvgIpc) is 1.36. The molecule has 6 radical (unpaired) electrons. The zero-order valence-corrected chi connectivity index (χ0v) is 5.54. The summed E-state index contributed by atoms with van der Waals surface area (Å²) in [6.45, 7) is 0. The highest BCUT2D eigenvalue weighted by molar-refractivity contribution is 7.46. The van der Waals surface area contributed by atoms with E-state index in [9.17, 15) is 8.39 Å². The fraction of sp³-hybridized carbons (Fsp3) is 0. The van der Waals surface area contributed by atoms with Gasteiger partial charge in [0.15, 0.2) is 0 Å². The van der Waals surface area contributed by atoms with Crippen LogP contribution in [0.2, 0.25) is 0 Å². The maximum absolute atomic E-state index is 11.1. The zero-order chi connectivity index (χ0) is 5.15. The highest BCUT2D eigenvalue weighted by atomic mass is 31.2. The number of hydrogen-bond acceptors (Lipinski definition) is 1. The number of halogens is 2. The molecular formula is F2NPSi2. The lowest BCUT2D eigenvalue weighted by atomic mass is 13.8. The average molecular weight is 139 g/mol. The van der Waals surface area contributed by atoms with E-state index >= 15 is 0 Å². The summed E-state index contributed by atoms with van der Waals surface area (Å²) >= 11 is 0. The van der Waals surface area contributed by atoms with Crippen LogP contribution in [0.1, 0.15) is 0 Å². The highest BCUT2D eigenvalue weighted by Gasteiger charge is 2.04. The third kappa shape index (κ3) is 2.90. The van der Waals surface area contributed by atoms with Crippen LogP contribution >= 0.6 is 8.69 Å². The quantitative estimate of drug-likeness (QED) is 0.380. The van der Waals surface area contributed by atoms with E-state index in [0.717, 1.165) is 0 Å². The molecule has 0 aliphatic rings. The molecule has 6 heteroatoms. The molecule has 0 heterocycles. The lowest BCUT2D eigenvalue weighted by molar-refractivity contribution is 0.700. The standard InChI is InChI=1S/F2NPSi2/c1-4(2)3(5)6. The minimum Gasteiger partial charge on any atom is -0.278 e. The molecule has 0 spiro atoms. The Hall–Kier alpha value is 0.684. The lowest BCUT2D eigenvalue weighted by Crippen LogP contribution is -2.02. The van der Waals surface area contributed by atoms with Crippen molar-refractivity contribution in [3.05, 3.63) is 0 Å². The van der Waals surface area contributed by atoms with Gasteiger partial charge in [-0.05, 0) is 0 Å². The van der Waals surface area contributed by atoms with Crippen LogP contribution in [0.15, 0.2) is 0 Å². The van der Waals surface area contributed by atoms with E-state index in [2.05, 4.69) is 20.8 Å². The summed E-state index contributed by atoms with van der Waals surface area (Å²) < 4.78 is 22.6. The van der Waals surface area contributed by atoms with Crippen LogP contribution in [0.4, 0.5) is 8.39 Å². The molecule has 0 amide bonds. The van der Waals surface area contributed by atoms with Gasteiger partial charge in [-0.3, -0.25) is 4.00 Å². The SMILES string of the molecule is FP(F)N([Si])[Si]. The van der Waals surface area contributed by atoms with Gasteiger partial charge in [0.1, 0.15) is 20.8 Å². The fourth-order valence-electron chi connectivity index (χ4n) is 0. The van der Waals surface area contributed by atoms with Crippen molar-refractivity contribution in [2.24, 2.45) is 0 Å². The molecule has 0 saturated carbocycles. The van der Waals surface area contributed by atoms with Crippen LogP contribution in [-0.2, 0) is 0 Å². The molecule has 0 bridgehead atoms. The topological polar surface area (TPSA) is 3.24 Å². The van der Waals surface area contributed by atoms with Crippen LogP contribution < -0.4 is 0 Å². The molecule has 6 heavy (non-hydrogen) atoms. The minimum atomic E-state index is -3.00. The Morgan fingerprint density at radius 2 is 1.50 bits per heavy atom. The molecule has 0 aromatic carbocycles. The van der Waals surface area contributed by atoms with E-state index in [1.807, 2.05) is 0 Å². The summed E-state index contributed by atoms with van der Waals surface area (Å²) in [6, 6.07) is 0. The zero-order valence-electron chi connectivity index (χ0n) is 2.65. The second-order valence-corrected chi connectivity index (χ2v) is 3.45. The molecular weight excluding hydrogens is 139 g/mol. The Morgan fingerprint density at radius 1 is 1.33 bits per heavy atom. The van der Waals surface area contributed by atoms with Crippen molar-refractivity contribution >= 4 is 29.5 Å². The third-order valence-electron chi connectivity index (χ3n) is 0.151. The second kappa shape index (κ2) is 2.79. The van der Waals surface area contributed by atoms with Gasteiger partial charge in [0.2, 0.25) is 0 Å². The minimum absolute atomic E-state index is 0.509. The number of rotatable bonds is 1. The van der Waals surface area contributed by atoms with E-state index in [-0.39, 0.29) is 0 Å².